The summed E-state index contributed by atoms with van der Waals surface area (Å²) in [6.07, 6.45) is 0. The molecule has 4 nitrogen and oxygen atoms in total. The number of rotatable bonds is 7. The van der Waals surface area contributed by atoms with Gasteiger partial charge in [0.25, 0.3) is 0 Å². The highest BCUT2D eigenvalue weighted by molar-refractivity contribution is 7.18. The molecule has 0 aliphatic rings. The maximum absolute atomic E-state index is 4.67. The summed E-state index contributed by atoms with van der Waals surface area (Å²) in [6, 6.07) is 43.9. The number of nitrogens with zero attached hydrogens (tertiary/aromatic N) is 2. The minimum Gasteiger partial charge on any atom is -0.342 e. The van der Waals surface area contributed by atoms with Crippen LogP contribution in [0.3, 0.4) is 0 Å². The number of benzene rings is 5. The third-order valence-electron chi connectivity index (χ3n) is 9.53. The Hall–Kier alpha value is -5.26. The van der Waals surface area contributed by atoms with Crippen LogP contribution in [0.5, 0.6) is 0 Å². The molecule has 8 rings (SSSR count). The Labute approximate surface area is 313 Å². The van der Waals surface area contributed by atoms with E-state index in [9.17, 15) is 0 Å². The van der Waals surface area contributed by atoms with Crippen LogP contribution in [0.2, 0.25) is 0 Å². The summed E-state index contributed by atoms with van der Waals surface area (Å²) in [4.78, 5) is 18.5. The van der Waals surface area contributed by atoms with Gasteiger partial charge in [0.05, 0.1) is 22.1 Å². The predicted molar refractivity (Wildman–Crippen MR) is 226 cm³/mol. The van der Waals surface area contributed by atoms with Gasteiger partial charge in [0.1, 0.15) is 11.6 Å². The molecule has 0 aliphatic carbocycles. The molecule has 0 aliphatic heterocycles. The molecule has 8 aromatic rings. The molecule has 0 atom stereocenters. The van der Waals surface area contributed by atoms with Crippen molar-refractivity contribution in [3.8, 4) is 43.1 Å². The molecule has 0 saturated heterocycles. The molecular weight excluding hydrogens is 653 g/mol. The number of hydrogen-bond donors (Lipinski definition) is 2. The first-order valence-corrected chi connectivity index (χ1v) is 18.8. The number of aromatic amines is 2. The lowest BCUT2D eigenvalue weighted by atomic mass is 9.97. The van der Waals surface area contributed by atoms with Crippen LogP contribution in [-0.4, -0.2) is 19.9 Å². The molecule has 0 spiro atoms. The van der Waals surface area contributed by atoms with E-state index in [2.05, 4.69) is 183 Å². The van der Waals surface area contributed by atoms with Crippen LogP contribution >= 0.6 is 11.3 Å². The summed E-state index contributed by atoms with van der Waals surface area (Å²) >= 11 is 1.84. The third kappa shape index (κ3) is 7.95. The van der Waals surface area contributed by atoms with Crippen LogP contribution < -0.4 is 0 Å². The standard InChI is InChI=1S/C23H24N2S.C23H22N2.CH4/c1-14(2)16-5-7-17(8-6-16)21-11-12-22(26-21)18-9-10-19-20(13-18)25-23(24-19)15(3)4;1-15(2)17-4-6-18(7-5-17)19-8-10-20(11-9-19)21-12-13-22-23(14-21)25-16(3)24-22;/h5-15H,1-4H3,(H,24,25);4-15H,1-3H3,(H,24,25);1H4. The molecule has 0 saturated carbocycles. The second kappa shape index (κ2) is 15.5. The first kappa shape index (κ1) is 36.5. The molecule has 0 bridgehead atoms. The summed E-state index contributed by atoms with van der Waals surface area (Å²) in [5.74, 6) is 3.55. The molecule has 2 N–H and O–H groups in total. The monoisotopic (exact) mass is 702 g/mol. The van der Waals surface area contributed by atoms with Crippen molar-refractivity contribution in [3.63, 3.8) is 0 Å². The van der Waals surface area contributed by atoms with Gasteiger partial charge in [-0.3, -0.25) is 0 Å². The van der Waals surface area contributed by atoms with Crippen LogP contribution in [0, 0.1) is 6.92 Å². The van der Waals surface area contributed by atoms with Crippen molar-refractivity contribution in [3.05, 3.63) is 144 Å². The second-order valence-corrected chi connectivity index (χ2v) is 15.4. The van der Waals surface area contributed by atoms with Gasteiger partial charge in [0.2, 0.25) is 0 Å². The number of aromatic nitrogens is 4. The van der Waals surface area contributed by atoms with Gasteiger partial charge in [-0.1, -0.05) is 134 Å². The largest absolute Gasteiger partial charge is 0.342 e. The van der Waals surface area contributed by atoms with Crippen molar-refractivity contribution in [2.45, 2.75) is 73.6 Å². The van der Waals surface area contributed by atoms with E-state index < -0.39 is 0 Å². The zero-order valence-electron chi connectivity index (χ0n) is 30.6. The normalized spacial score (nSPS) is 11.3. The van der Waals surface area contributed by atoms with Gasteiger partial charge in [-0.25, -0.2) is 9.97 Å². The number of nitrogens with one attached hydrogen (secondary N) is 2. The van der Waals surface area contributed by atoms with Crippen LogP contribution in [0.1, 0.15) is 89.5 Å². The molecule has 3 heterocycles. The van der Waals surface area contributed by atoms with E-state index in [1.807, 2.05) is 18.3 Å². The summed E-state index contributed by atoms with van der Waals surface area (Å²) in [6.45, 7) is 15.2. The lowest BCUT2D eigenvalue weighted by molar-refractivity contribution is 0.799. The maximum Gasteiger partial charge on any atom is 0.109 e. The Bertz CT molecular complexity index is 2390. The number of fused-ring (bicyclic) bond motifs is 2. The lowest BCUT2D eigenvalue weighted by Crippen LogP contribution is -1.88. The smallest absolute Gasteiger partial charge is 0.109 e. The minimum atomic E-state index is 0. The Morgan fingerprint density at radius 1 is 0.442 bits per heavy atom. The Morgan fingerprint density at radius 2 is 0.865 bits per heavy atom. The van der Waals surface area contributed by atoms with Gasteiger partial charge in [-0.15, -0.1) is 11.3 Å². The van der Waals surface area contributed by atoms with E-state index in [-0.39, 0.29) is 7.43 Å². The number of aryl methyl sites for hydroxylation is 1. The van der Waals surface area contributed by atoms with E-state index in [4.69, 9.17) is 0 Å². The number of hydrogen-bond acceptors (Lipinski definition) is 3. The predicted octanol–water partition coefficient (Wildman–Crippen LogP) is 14.2. The Kier molecular flexibility index (Phi) is 10.9. The fourth-order valence-electron chi connectivity index (χ4n) is 6.37. The molecule has 52 heavy (non-hydrogen) atoms. The van der Waals surface area contributed by atoms with Crippen LogP contribution in [-0.2, 0) is 0 Å². The average molecular weight is 703 g/mol. The minimum absolute atomic E-state index is 0. The first-order valence-electron chi connectivity index (χ1n) is 18.0. The fraction of sp³-hybridized carbons (Fsp3) is 0.234. The van der Waals surface area contributed by atoms with Gasteiger partial charge in [-0.2, -0.15) is 0 Å². The molecule has 5 heteroatoms. The summed E-state index contributed by atoms with van der Waals surface area (Å²) < 4.78 is 0. The number of imidazole rings is 2. The quantitative estimate of drug-likeness (QED) is 0.174. The van der Waals surface area contributed by atoms with Crippen molar-refractivity contribution < 1.29 is 0 Å². The highest BCUT2D eigenvalue weighted by Gasteiger charge is 2.11. The Morgan fingerprint density at radius 3 is 1.42 bits per heavy atom. The van der Waals surface area contributed by atoms with Crippen LogP contribution in [0.25, 0.3) is 65.2 Å². The lowest BCUT2D eigenvalue weighted by Gasteiger charge is -2.08. The molecular formula is C47H50N4S. The van der Waals surface area contributed by atoms with Crippen molar-refractivity contribution >= 4 is 33.4 Å². The highest BCUT2D eigenvalue weighted by atomic mass is 32.1. The number of thiophene rings is 1. The zero-order chi connectivity index (χ0) is 35.6. The summed E-state index contributed by atoms with van der Waals surface area (Å²) in [5.41, 5.74) is 14.5. The van der Waals surface area contributed by atoms with E-state index in [0.717, 1.165) is 33.7 Å². The zero-order valence-corrected chi connectivity index (χ0v) is 31.4. The Balaban J connectivity index is 0.000000175. The molecule has 5 aromatic carbocycles. The average Bonchev–Trinajstić information content (AvgIpc) is 3.89. The van der Waals surface area contributed by atoms with Crippen molar-refractivity contribution in [2.75, 3.05) is 0 Å². The first-order chi connectivity index (χ1) is 24.6. The van der Waals surface area contributed by atoms with Gasteiger partial charge in [0.15, 0.2) is 0 Å². The number of H-pyrrole nitrogens is 2. The van der Waals surface area contributed by atoms with Crippen molar-refractivity contribution in [1.82, 2.24) is 19.9 Å². The molecule has 0 unspecified atom stereocenters. The van der Waals surface area contributed by atoms with Crippen molar-refractivity contribution in [2.24, 2.45) is 0 Å². The van der Waals surface area contributed by atoms with E-state index in [1.54, 1.807) is 0 Å². The molecule has 0 fully saturated rings. The highest BCUT2D eigenvalue weighted by Crippen LogP contribution is 2.36. The van der Waals surface area contributed by atoms with Crippen LogP contribution in [0.4, 0.5) is 0 Å². The summed E-state index contributed by atoms with van der Waals surface area (Å²) in [7, 11) is 0. The van der Waals surface area contributed by atoms with E-state index >= 15 is 0 Å². The van der Waals surface area contributed by atoms with Gasteiger partial charge >= 0.3 is 0 Å². The SMILES string of the molecule is C.CC(C)c1ccc(-c2ccc(-c3ccc4nc(C(C)C)[nH]c4c3)s2)cc1.Cc1nc2ccc(-c3ccc(-c4ccc(C(C)C)cc4)cc3)cc2[nH]1. The van der Waals surface area contributed by atoms with E-state index in [1.165, 1.54) is 54.3 Å². The fourth-order valence-corrected chi connectivity index (χ4v) is 7.38. The third-order valence-corrected chi connectivity index (χ3v) is 10.7. The van der Waals surface area contributed by atoms with Crippen LogP contribution in [0.15, 0.2) is 121 Å². The summed E-state index contributed by atoms with van der Waals surface area (Å²) in [5, 5.41) is 0. The topological polar surface area (TPSA) is 57.4 Å². The molecule has 264 valence electrons. The molecule has 0 radical (unpaired) electrons. The van der Waals surface area contributed by atoms with Crippen molar-refractivity contribution in [1.29, 1.82) is 0 Å². The van der Waals surface area contributed by atoms with Gasteiger partial charge in [-0.05, 0) is 99.7 Å². The van der Waals surface area contributed by atoms with Gasteiger partial charge < -0.3 is 9.97 Å². The van der Waals surface area contributed by atoms with E-state index in [0.29, 0.717) is 17.8 Å². The maximum atomic E-state index is 4.67. The molecule has 0 amide bonds. The molecule has 3 aromatic heterocycles. The van der Waals surface area contributed by atoms with Gasteiger partial charge in [0, 0.05) is 15.7 Å². The second-order valence-electron chi connectivity index (χ2n) is 14.4.